The van der Waals surface area contributed by atoms with Crippen molar-refractivity contribution < 1.29 is 22.7 Å². The van der Waals surface area contributed by atoms with Gasteiger partial charge in [-0.1, -0.05) is 0 Å². The van der Waals surface area contributed by atoms with E-state index in [-0.39, 0.29) is 25.2 Å². The fourth-order valence-corrected chi connectivity index (χ4v) is 2.61. The summed E-state index contributed by atoms with van der Waals surface area (Å²) in [6.45, 7) is 1.29. The summed E-state index contributed by atoms with van der Waals surface area (Å²) in [5, 5.41) is 12.7. The Bertz CT molecular complexity index is 401. The van der Waals surface area contributed by atoms with Crippen molar-refractivity contribution in [3.05, 3.63) is 24.2 Å². The highest BCUT2D eigenvalue weighted by atomic mass is 19.4. The van der Waals surface area contributed by atoms with E-state index in [1.165, 1.54) is 0 Å². The molecule has 0 spiro atoms. The summed E-state index contributed by atoms with van der Waals surface area (Å²) in [7, 11) is 0. The van der Waals surface area contributed by atoms with Crippen LogP contribution in [0.15, 0.2) is 22.8 Å². The Hall–Kier alpha value is -1.05. The standard InChI is InChI=1S/C14H21F3N2O2/c15-14(16,17)5-8-19-6-3-11(4-7-19)18-12(10-20)13-2-1-9-21-13/h1-2,9,11-12,18,20H,3-8,10H2. The number of halogens is 3. The zero-order chi connectivity index (χ0) is 15.3. The van der Waals surface area contributed by atoms with Crippen molar-refractivity contribution in [3.63, 3.8) is 0 Å². The van der Waals surface area contributed by atoms with Crippen LogP contribution in [0.2, 0.25) is 0 Å². The monoisotopic (exact) mass is 306 g/mol. The molecule has 1 aliphatic rings. The van der Waals surface area contributed by atoms with Gasteiger partial charge >= 0.3 is 6.18 Å². The van der Waals surface area contributed by atoms with Gasteiger partial charge in [-0.05, 0) is 38.1 Å². The van der Waals surface area contributed by atoms with Gasteiger partial charge in [0.25, 0.3) is 0 Å². The lowest BCUT2D eigenvalue weighted by Crippen LogP contribution is -2.45. The molecule has 120 valence electrons. The number of nitrogens with zero attached hydrogens (tertiary/aromatic N) is 1. The average molecular weight is 306 g/mol. The molecule has 4 nitrogen and oxygen atoms in total. The highest BCUT2D eigenvalue weighted by molar-refractivity contribution is 5.05. The van der Waals surface area contributed by atoms with E-state index >= 15 is 0 Å². The number of aliphatic hydroxyl groups excluding tert-OH is 1. The van der Waals surface area contributed by atoms with Crippen molar-refractivity contribution in [2.75, 3.05) is 26.2 Å². The fourth-order valence-electron chi connectivity index (χ4n) is 2.61. The van der Waals surface area contributed by atoms with Gasteiger partial charge in [0.15, 0.2) is 0 Å². The van der Waals surface area contributed by atoms with Gasteiger partial charge < -0.3 is 19.7 Å². The van der Waals surface area contributed by atoms with Crippen LogP contribution >= 0.6 is 0 Å². The number of hydrogen-bond acceptors (Lipinski definition) is 4. The van der Waals surface area contributed by atoms with Gasteiger partial charge in [-0.2, -0.15) is 13.2 Å². The molecule has 0 amide bonds. The van der Waals surface area contributed by atoms with Gasteiger partial charge in [-0.3, -0.25) is 0 Å². The number of furan rings is 1. The minimum Gasteiger partial charge on any atom is -0.468 e. The van der Waals surface area contributed by atoms with E-state index in [1.807, 2.05) is 4.90 Å². The molecule has 21 heavy (non-hydrogen) atoms. The number of piperidine rings is 1. The van der Waals surface area contributed by atoms with Gasteiger partial charge in [0.1, 0.15) is 5.76 Å². The molecule has 0 aromatic carbocycles. The molecular weight excluding hydrogens is 285 g/mol. The minimum absolute atomic E-state index is 0.0673. The largest absolute Gasteiger partial charge is 0.468 e. The SMILES string of the molecule is OCC(NC1CCN(CCC(F)(F)F)CC1)c1ccco1. The summed E-state index contributed by atoms with van der Waals surface area (Å²) < 4.78 is 41.8. The van der Waals surface area contributed by atoms with Crippen LogP contribution in [0.5, 0.6) is 0 Å². The fraction of sp³-hybridized carbons (Fsp3) is 0.714. The highest BCUT2D eigenvalue weighted by Gasteiger charge is 2.29. The summed E-state index contributed by atoms with van der Waals surface area (Å²) in [4.78, 5) is 1.84. The second-order valence-electron chi connectivity index (χ2n) is 5.40. The third kappa shape index (κ3) is 5.33. The number of hydrogen-bond donors (Lipinski definition) is 2. The highest BCUT2D eigenvalue weighted by Crippen LogP contribution is 2.22. The summed E-state index contributed by atoms with van der Waals surface area (Å²) in [5.74, 6) is 0.678. The van der Waals surface area contributed by atoms with Crippen LogP contribution < -0.4 is 5.32 Å². The van der Waals surface area contributed by atoms with Crippen molar-refractivity contribution in [1.29, 1.82) is 0 Å². The Balaban J connectivity index is 1.73. The Labute approximate surface area is 121 Å². The molecular formula is C14H21F3N2O2. The van der Waals surface area contributed by atoms with Crippen molar-refractivity contribution in [1.82, 2.24) is 10.2 Å². The molecule has 2 heterocycles. The molecule has 1 saturated heterocycles. The van der Waals surface area contributed by atoms with Gasteiger partial charge in [-0.25, -0.2) is 0 Å². The number of likely N-dealkylation sites (tertiary alicyclic amines) is 1. The normalized spacial score (nSPS) is 19.8. The summed E-state index contributed by atoms with van der Waals surface area (Å²) in [5.41, 5.74) is 0. The molecule has 2 rings (SSSR count). The topological polar surface area (TPSA) is 48.6 Å². The Morgan fingerprint density at radius 3 is 2.62 bits per heavy atom. The zero-order valence-electron chi connectivity index (χ0n) is 11.8. The zero-order valence-corrected chi connectivity index (χ0v) is 11.8. The van der Waals surface area contributed by atoms with Crippen LogP contribution in [0, 0.1) is 0 Å². The number of nitrogens with one attached hydrogen (secondary N) is 1. The smallest absolute Gasteiger partial charge is 0.390 e. The molecule has 1 aromatic rings. The van der Waals surface area contributed by atoms with Crippen molar-refractivity contribution in [2.24, 2.45) is 0 Å². The molecule has 1 aromatic heterocycles. The van der Waals surface area contributed by atoms with E-state index in [1.54, 1.807) is 18.4 Å². The minimum atomic E-state index is -4.09. The van der Waals surface area contributed by atoms with E-state index in [4.69, 9.17) is 4.42 Å². The van der Waals surface area contributed by atoms with E-state index in [2.05, 4.69) is 5.32 Å². The first-order valence-electron chi connectivity index (χ1n) is 7.17. The lowest BCUT2D eigenvalue weighted by Gasteiger charge is -2.34. The van der Waals surface area contributed by atoms with Crippen molar-refractivity contribution in [2.45, 2.75) is 37.5 Å². The molecule has 0 aliphatic carbocycles. The van der Waals surface area contributed by atoms with Crippen LogP contribution in [-0.4, -0.2) is 48.5 Å². The molecule has 1 fully saturated rings. The average Bonchev–Trinajstić information content (AvgIpc) is 2.97. The Kier molecular flexibility index (Phi) is 5.66. The first kappa shape index (κ1) is 16.3. The third-order valence-electron chi connectivity index (χ3n) is 3.81. The second kappa shape index (κ2) is 7.29. The van der Waals surface area contributed by atoms with Crippen molar-refractivity contribution in [3.8, 4) is 0 Å². The van der Waals surface area contributed by atoms with Gasteiger partial charge in [0, 0.05) is 12.6 Å². The lowest BCUT2D eigenvalue weighted by atomic mass is 10.0. The predicted molar refractivity (Wildman–Crippen MR) is 71.8 cm³/mol. The van der Waals surface area contributed by atoms with Gasteiger partial charge in [-0.15, -0.1) is 0 Å². The van der Waals surface area contributed by atoms with Crippen LogP contribution in [-0.2, 0) is 0 Å². The van der Waals surface area contributed by atoms with Crippen LogP contribution in [0.1, 0.15) is 31.1 Å². The van der Waals surface area contributed by atoms with Gasteiger partial charge in [0.2, 0.25) is 0 Å². The first-order valence-corrected chi connectivity index (χ1v) is 7.17. The third-order valence-corrected chi connectivity index (χ3v) is 3.81. The molecule has 1 aliphatic heterocycles. The van der Waals surface area contributed by atoms with E-state index in [0.29, 0.717) is 18.8 Å². The van der Waals surface area contributed by atoms with E-state index < -0.39 is 12.6 Å². The van der Waals surface area contributed by atoms with Crippen LogP contribution in [0.4, 0.5) is 13.2 Å². The quantitative estimate of drug-likeness (QED) is 0.847. The molecule has 2 N–H and O–H groups in total. The molecule has 1 unspecified atom stereocenters. The second-order valence-corrected chi connectivity index (χ2v) is 5.40. The maximum Gasteiger partial charge on any atom is 0.390 e. The number of alkyl halides is 3. The lowest BCUT2D eigenvalue weighted by molar-refractivity contribution is -0.138. The summed E-state index contributed by atoms with van der Waals surface area (Å²) in [6, 6.07) is 3.49. The van der Waals surface area contributed by atoms with Crippen LogP contribution in [0.25, 0.3) is 0 Å². The van der Waals surface area contributed by atoms with Gasteiger partial charge in [0.05, 0.1) is 25.3 Å². The first-order chi connectivity index (χ1) is 9.98. The maximum absolute atomic E-state index is 12.2. The maximum atomic E-state index is 12.2. The van der Waals surface area contributed by atoms with Crippen LogP contribution in [0.3, 0.4) is 0 Å². The predicted octanol–water partition coefficient (Wildman–Crippen LogP) is 2.32. The number of aliphatic hydroxyl groups is 1. The summed E-state index contributed by atoms with van der Waals surface area (Å²) >= 11 is 0. The van der Waals surface area contributed by atoms with E-state index in [9.17, 15) is 18.3 Å². The molecule has 0 radical (unpaired) electrons. The molecule has 7 heteroatoms. The molecule has 0 saturated carbocycles. The number of rotatable bonds is 6. The Morgan fingerprint density at radius 1 is 1.38 bits per heavy atom. The molecule has 0 bridgehead atoms. The Morgan fingerprint density at radius 2 is 2.10 bits per heavy atom. The summed E-state index contributed by atoms with van der Waals surface area (Å²) in [6.07, 6.45) is -1.74. The van der Waals surface area contributed by atoms with E-state index in [0.717, 1.165) is 12.8 Å². The molecule has 1 atom stereocenters. The van der Waals surface area contributed by atoms with Crippen molar-refractivity contribution >= 4 is 0 Å².